The lowest BCUT2D eigenvalue weighted by molar-refractivity contribution is 0.0778. The van der Waals surface area contributed by atoms with Crippen molar-refractivity contribution in [2.45, 2.75) is 32.6 Å². The highest BCUT2D eigenvalue weighted by Gasteiger charge is 2.36. The van der Waals surface area contributed by atoms with Crippen molar-refractivity contribution in [2.75, 3.05) is 40.0 Å². The van der Waals surface area contributed by atoms with Crippen molar-refractivity contribution in [1.29, 1.82) is 0 Å². The molecule has 0 spiro atoms. The normalized spacial score (nSPS) is 15.7. The van der Waals surface area contributed by atoms with E-state index in [1.54, 1.807) is 19.5 Å². The molecule has 0 bridgehead atoms. The van der Waals surface area contributed by atoms with Gasteiger partial charge < -0.3 is 20.1 Å². The van der Waals surface area contributed by atoms with Gasteiger partial charge in [-0.05, 0) is 43.7 Å². The van der Waals surface area contributed by atoms with Crippen LogP contribution < -0.4 is 15.4 Å². The minimum atomic E-state index is 0. The number of ether oxygens (including phenoxy) is 2. The largest absolute Gasteiger partial charge is 0.490 e. The predicted octanol–water partition coefficient (Wildman–Crippen LogP) is 2.84. The maximum atomic E-state index is 5.64. The van der Waals surface area contributed by atoms with Crippen LogP contribution in [0.25, 0.3) is 0 Å². The first-order valence-electron chi connectivity index (χ1n) is 8.82. The van der Waals surface area contributed by atoms with E-state index in [0.717, 1.165) is 37.8 Å². The summed E-state index contributed by atoms with van der Waals surface area (Å²) in [4.78, 5) is 8.81. The quantitative estimate of drug-likeness (QED) is 0.242. The van der Waals surface area contributed by atoms with Gasteiger partial charge in [-0.15, -0.1) is 24.0 Å². The first kappa shape index (κ1) is 22.0. The van der Waals surface area contributed by atoms with E-state index in [1.165, 1.54) is 19.3 Å². The second-order valence-corrected chi connectivity index (χ2v) is 6.26. The SMILES string of the molecule is CCNC(=NCC1(CCOC)CCC1)NCCOc1cccnc1.I. The van der Waals surface area contributed by atoms with Gasteiger partial charge in [-0.2, -0.15) is 0 Å². The molecule has 2 N–H and O–H groups in total. The van der Waals surface area contributed by atoms with Crippen LogP contribution in [-0.4, -0.2) is 50.9 Å². The molecule has 142 valence electrons. The molecule has 0 aromatic carbocycles. The van der Waals surface area contributed by atoms with Crippen LogP contribution in [-0.2, 0) is 4.74 Å². The lowest BCUT2D eigenvalue weighted by Gasteiger charge is -2.40. The number of hydrogen-bond donors (Lipinski definition) is 2. The predicted molar refractivity (Wildman–Crippen MR) is 112 cm³/mol. The Balaban J connectivity index is 0.00000312. The van der Waals surface area contributed by atoms with Gasteiger partial charge in [0.25, 0.3) is 0 Å². The van der Waals surface area contributed by atoms with E-state index < -0.39 is 0 Å². The number of nitrogens with zero attached hydrogens (tertiary/aromatic N) is 2. The fourth-order valence-electron chi connectivity index (χ4n) is 2.84. The summed E-state index contributed by atoms with van der Waals surface area (Å²) in [6.07, 6.45) is 8.36. The third-order valence-corrected chi connectivity index (χ3v) is 4.47. The fourth-order valence-corrected chi connectivity index (χ4v) is 2.84. The molecule has 1 aromatic rings. The second-order valence-electron chi connectivity index (χ2n) is 6.26. The maximum absolute atomic E-state index is 5.64. The van der Waals surface area contributed by atoms with Gasteiger partial charge in [0, 0.05) is 33.0 Å². The average Bonchev–Trinajstić information content (AvgIpc) is 2.58. The highest BCUT2D eigenvalue weighted by atomic mass is 127. The smallest absolute Gasteiger partial charge is 0.191 e. The van der Waals surface area contributed by atoms with Crippen LogP contribution in [0.5, 0.6) is 5.75 Å². The minimum absolute atomic E-state index is 0. The van der Waals surface area contributed by atoms with Gasteiger partial charge in [0.15, 0.2) is 5.96 Å². The number of aromatic nitrogens is 1. The molecule has 1 fully saturated rings. The number of aliphatic imine (C=N–C) groups is 1. The van der Waals surface area contributed by atoms with Crippen molar-refractivity contribution >= 4 is 29.9 Å². The molecule has 1 aliphatic carbocycles. The number of pyridine rings is 1. The molecule has 6 nitrogen and oxygen atoms in total. The second kappa shape index (κ2) is 12.3. The van der Waals surface area contributed by atoms with E-state index in [0.29, 0.717) is 18.6 Å². The van der Waals surface area contributed by atoms with Gasteiger partial charge >= 0.3 is 0 Å². The number of hydrogen-bond acceptors (Lipinski definition) is 4. The highest BCUT2D eigenvalue weighted by Crippen LogP contribution is 2.44. The molecule has 0 unspecified atom stereocenters. The Morgan fingerprint density at radius 2 is 2.16 bits per heavy atom. The maximum Gasteiger partial charge on any atom is 0.191 e. The van der Waals surface area contributed by atoms with Crippen LogP contribution in [0.3, 0.4) is 0 Å². The first-order valence-corrected chi connectivity index (χ1v) is 8.82. The van der Waals surface area contributed by atoms with E-state index in [4.69, 9.17) is 14.5 Å². The van der Waals surface area contributed by atoms with E-state index in [9.17, 15) is 0 Å². The van der Waals surface area contributed by atoms with Crippen molar-refractivity contribution in [2.24, 2.45) is 10.4 Å². The van der Waals surface area contributed by atoms with E-state index in [-0.39, 0.29) is 24.0 Å². The zero-order chi connectivity index (χ0) is 17.1. The Morgan fingerprint density at radius 3 is 2.76 bits per heavy atom. The lowest BCUT2D eigenvalue weighted by Crippen LogP contribution is -2.41. The molecule has 0 atom stereocenters. The highest BCUT2D eigenvalue weighted by molar-refractivity contribution is 14.0. The Hall–Kier alpha value is -1.09. The Morgan fingerprint density at radius 1 is 1.32 bits per heavy atom. The van der Waals surface area contributed by atoms with Gasteiger partial charge in [-0.1, -0.05) is 6.42 Å². The number of rotatable bonds is 10. The topological polar surface area (TPSA) is 67.8 Å². The standard InChI is InChI=1S/C18H30N4O2.HI/c1-3-20-17(21-11-13-24-16-6-4-10-19-14-16)22-15-18(7-5-8-18)9-12-23-2;/h4,6,10,14H,3,5,7-9,11-13,15H2,1-2H3,(H2,20,21,22);1H. The van der Waals surface area contributed by atoms with Crippen molar-refractivity contribution in [3.05, 3.63) is 24.5 Å². The summed E-state index contributed by atoms with van der Waals surface area (Å²) in [5.74, 6) is 1.64. The Kier molecular flexibility index (Phi) is 10.8. The van der Waals surface area contributed by atoms with Crippen molar-refractivity contribution in [3.8, 4) is 5.75 Å². The molecular formula is C18H31IN4O2. The molecule has 0 amide bonds. The van der Waals surface area contributed by atoms with Crippen LogP contribution in [0, 0.1) is 5.41 Å². The lowest BCUT2D eigenvalue weighted by atomic mass is 9.67. The number of methoxy groups -OCH3 is 1. The minimum Gasteiger partial charge on any atom is -0.490 e. The fraction of sp³-hybridized carbons (Fsp3) is 0.667. The van der Waals surface area contributed by atoms with Crippen molar-refractivity contribution in [1.82, 2.24) is 15.6 Å². The van der Waals surface area contributed by atoms with Gasteiger partial charge in [0.1, 0.15) is 12.4 Å². The molecule has 1 saturated carbocycles. The molecule has 1 aliphatic rings. The van der Waals surface area contributed by atoms with Crippen molar-refractivity contribution in [3.63, 3.8) is 0 Å². The van der Waals surface area contributed by atoms with Crippen molar-refractivity contribution < 1.29 is 9.47 Å². The number of halogens is 1. The number of guanidine groups is 1. The average molecular weight is 462 g/mol. The van der Waals surface area contributed by atoms with E-state index >= 15 is 0 Å². The van der Waals surface area contributed by atoms with Gasteiger partial charge in [0.05, 0.1) is 12.7 Å². The summed E-state index contributed by atoms with van der Waals surface area (Å²) in [5.41, 5.74) is 0.338. The summed E-state index contributed by atoms with van der Waals surface area (Å²) in [7, 11) is 1.77. The molecule has 0 radical (unpaired) electrons. The van der Waals surface area contributed by atoms with E-state index in [2.05, 4.69) is 22.5 Å². The third-order valence-electron chi connectivity index (χ3n) is 4.47. The third kappa shape index (κ3) is 7.77. The molecule has 2 rings (SSSR count). The Bertz CT molecular complexity index is 495. The molecule has 25 heavy (non-hydrogen) atoms. The molecule has 1 heterocycles. The zero-order valence-corrected chi connectivity index (χ0v) is 17.6. The number of nitrogens with one attached hydrogen (secondary N) is 2. The van der Waals surface area contributed by atoms with Crippen LogP contribution in [0.2, 0.25) is 0 Å². The molecule has 0 aliphatic heterocycles. The first-order chi connectivity index (χ1) is 11.8. The summed E-state index contributed by atoms with van der Waals surface area (Å²) < 4.78 is 10.9. The van der Waals surface area contributed by atoms with Gasteiger partial charge in [-0.3, -0.25) is 9.98 Å². The molecule has 1 aromatic heterocycles. The van der Waals surface area contributed by atoms with Gasteiger partial charge in [-0.25, -0.2) is 0 Å². The van der Waals surface area contributed by atoms with Gasteiger partial charge in [0.2, 0.25) is 0 Å². The monoisotopic (exact) mass is 462 g/mol. The van der Waals surface area contributed by atoms with Crippen LogP contribution in [0.1, 0.15) is 32.6 Å². The molecular weight excluding hydrogens is 431 g/mol. The summed E-state index contributed by atoms with van der Waals surface area (Å²) in [5, 5.41) is 6.63. The Labute approximate surface area is 168 Å². The summed E-state index contributed by atoms with van der Waals surface area (Å²) in [6.45, 7) is 5.87. The zero-order valence-electron chi connectivity index (χ0n) is 15.3. The van der Waals surface area contributed by atoms with E-state index in [1.807, 2.05) is 12.1 Å². The summed E-state index contributed by atoms with van der Waals surface area (Å²) >= 11 is 0. The van der Waals surface area contributed by atoms with Crippen LogP contribution in [0.15, 0.2) is 29.5 Å². The molecule has 0 saturated heterocycles. The molecule has 7 heteroatoms. The summed E-state index contributed by atoms with van der Waals surface area (Å²) in [6, 6.07) is 3.77. The van der Waals surface area contributed by atoms with Crippen LogP contribution in [0.4, 0.5) is 0 Å². The van der Waals surface area contributed by atoms with Crippen LogP contribution >= 0.6 is 24.0 Å².